The molecular weight excluding hydrogens is 185 g/mol. The van der Waals surface area contributed by atoms with Crippen LogP contribution >= 0.6 is 0 Å². The van der Waals surface area contributed by atoms with Crippen LogP contribution in [0.4, 0.5) is 4.39 Å². The molecule has 0 heterocycles. The molecule has 0 aliphatic carbocycles. The molecule has 1 aromatic carbocycles. The molecule has 0 radical (unpaired) electrons. The summed E-state index contributed by atoms with van der Waals surface area (Å²) in [5.41, 5.74) is 0.319. The molecule has 72 valence electrons. The van der Waals surface area contributed by atoms with Gasteiger partial charge in [0.1, 0.15) is 6.07 Å². The maximum Gasteiger partial charge on any atom is 0.165 e. The fraction of sp³-hybridized carbons (Fsp3) is 0.100. The molecule has 0 unspecified atom stereocenters. The van der Waals surface area contributed by atoms with E-state index in [0.29, 0.717) is 11.8 Å². The molecule has 0 aliphatic rings. The number of nitriles is 1. The summed E-state index contributed by atoms with van der Waals surface area (Å²) < 4.78 is 17.8. The second-order valence-corrected chi connectivity index (χ2v) is 2.50. The van der Waals surface area contributed by atoms with Crippen LogP contribution in [0.15, 0.2) is 24.5 Å². The summed E-state index contributed by atoms with van der Waals surface area (Å²) in [5.74, 6) is -0.469. The Morgan fingerprint density at radius 2 is 2.36 bits per heavy atom. The molecule has 0 aromatic heterocycles. The Labute approximate surface area is 80.7 Å². The summed E-state index contributed by atoms with van der Waals surface area (Å²) in [4.78, 5) is 0. The van der Waals surface area contributed by atoms with E-state index in [0.717, 1.165) is 6.07 Å². The topological polar surface area (TPSA) is 53.2 Å². The predicted molar refractivity (Wildman–Crippen MR) is 49.2 cm³/mol. The van der Waals surface area contributed by atoms with E-state index in [-0.39, 0.29) is 11.3 Å². The number of ether oxygens (including phenoxy) is 1. The van der Waals surface area contributed by atoms with Crippen molar-refractivity contribution in [2.45, 2.75) is 0 Å². The first kappa shape index (κ1) is 10.1. The largest absolute Gasteiger partial charge is 0.514 e. The molecule has 0 atom stereocenters. The van der Waals surface area contributed by atoms with Gasteiger partial charge in [0.05, 0.1) is 18.9 Å². The molecule has 0 spiro atoms. The van der Waals surface area contributed by atoms with Crippen molar-refractivity contribution in [2.24, 2.45) is 0 Å². The third-order valence-electron chi connectivity index (χ3n) is 1.71. The van der Waals surface area contributed by atoms with Crippen LogP contribution in [0.25, 0.3) is 5.57 Å². The molecular formula is C10H8FNO2. The third kappa shape index (κ3) is 1.83. The molecule has 3 nitrogen and oxygen atoms in total. The first-order valence-electron chi connectivity index (χ1n) is 3.81. The van der Waals surface area contributed by atoms with E-state index in [2.05, 4.69) is 0 Å². The number of benzene rings is 1. The molecule has 0 aliphatic heterocycles. The van der Waals surface area contributed by atoms with Gasteiger partial charge in [-0.3, -0.25) is 0 Å². The Hall–Kier alpha value is -2.02. The molecule has 1 aromatic rings. The summed E-state index contributed by atoms with van der Waals surface area (Å²) in [5, 5.41) is 17.2. The van der Waals surface area contributed by atoms with Gasteiger partial charge >= 0.3 is 0 Å². The highest BCUT2D eigenvalue weighted by Crippen LogP contribution is 2.21. The van der Waals surface area contributed by atoms with Crippen LogP contribution in [-0.2, 0) is 0 Å². The van der Waals surface area contributed by atoms with Crippen molar-refractivity contribution in [3.8, 4) is 11.8 Å². The van der Waals surface area contributed by atoms with E-state index in [1.807, 2.05) is 0 Å². The lowest BCUT2D eigenvalue weighted by Crippen LogP contribution is -1.90. The van der Waals surface area contributed by atoms with Crippen LogP contribution in [0.1, 0.15) is 5.56 Å². The van der Waals surface area contributed by atoms with E-state index in [1.54, 1.807) is 6.07 Å². The van der Waals surface area contributed by atoms with Gasteiger partial charge < -0.3 is 9.84 Å². The van der Waals surface area contributed by atoms with Crippen LogP contribution < -0.4 is 4.74 Å². The number of hydrogen-bond acceptors (Lipinski definition) is 3. The molecule has 4 heteroatoms. The average Bonchev–Trinajstić information content (AvgIpc) is 2.20. The van der Waals surface area contributed by atoms with E-state index >= 15 is 0 Å². The van der Waals surface area contributed by atoms with Crippen molar-refractivity contribution in [3.05, 3.63) is 35.8 Å². The second kappa shape index (κ2) is 4.28. The first-order valence-corrected chi connectivity index (χ1v) is 3.81. The number of hydrogen-bond donors (Lipinski definition) is 1. The van der Waals surface area contributed by atoms with Crippen molar-refractivity contribution < 1.29 is 14.2 Å². The van der Waals surface area contributed by atoms with Gasteiger partial charge in [0.2, 0.25) is 0 Å². The molecule has 0 saturated heterocycles. The molecule has 1 N–H and O–H groups in total. The minimum atomic E-state index is -0.570. The highest BCUT2D eigenvalue weighted by Gasteiger charge is 2.06. The lowest BCUT2D eigenvalue weighted by molar-refractivity contribution is 0.386. The number of methoxy groups -OCH3 is 1. The molecule has 0 bridgehead atoms. The average molecular weight is 193 g/mol. The Morgan fingerprint density at radius 3 is 2.79 bits per heavy atom. The predicted octanol–water partition coefficient (Wildman–Crippen LogP) is 2.26. The standard InChI is InChI=1S/C10H8FNO2/c1-14-10-3-2-7(4-9(10)11)8(5-12)6-13/h2-4,6,13H,1H3/b8-6+. The maximum absolute atomic E-state index is 13.1. The Bertz CT molecular complexity index is 407. The van der Waals surface area contributed by atoms with Crippen LogP contribution in [0, 0.1) is 17.1 Å². The van der Waals surface area contributed by atoms with Crippen molar-refractivity contribution in [2.75, 3.05) is 7.11 Å². The quantitative estimate of drug-likeness (QED) is 0.579. The fourth-order valence-corrected chi connectivity index (χ4v) is 1.00. The summed E-state index contributed by atoms with van der Waals surface area (Å²) in [7, 11) is 1.35. The zero-order chi connectivity index (χ0) is 10.6. The van der Waals surface area contributed by atoms with Gasteiger partial charge in [0.15, 0.2) is 11.6 Å². The van der Waals surface area contributed by atoms with Gasteiger partial charge in [-0.25, -0.2) is 4.39 Å². The van der Waals surface area contributed by atoms with Crippen molar-refractivity contribution >= 4 is 5.57 Å². The van der Waals surface area contributed by atoms with E-state index in [4.69, 9.17) is 15.1 Å². The Morgan fingerprint density at radius 1 is 1.64 bits per heavy atom. The first-order chi connectivity index (χ1) is 6.72. The number of allylic oxidation sites excluding steroid dienone is 1. The monoisotopic (exact) mass is 193 g/mol. The minimum Gasteiger partial charge on any atom is -0.514 e. The Kier molecular flexibility index (Phi) is 3.08. The van der Waals surface area contributed by atoms with Gasteiger partial charge in [0, 0.05) is 0 Å². The summed E-state index contributed by atoms with van der Waals surface area (Å²) in [6, 6.07) is 5.75. The fourth-order valence-electron chi connectivity index (χ4n) is 1.00. The Balaban J connectivity index is 3.16. The van der Waals surface area contributed by atoms with Crippen LogP contribution in [-0.4, -0.2) is 12.2 Å². The maximum atomic E-state index is 13.1. The smallest absolute Gasteiger partial charge is 0.165 e. The van der Waals surface area contributed by atoms with E-state index < -0.39 is 5.82 Å². The van der Waals surface area contributed by atoms with Gasteiger partial charge in [-0.15, -0.1) is 0 Å². The summed E-state index contributed by atoms with van der Waals surface area (Å²) >= 11 is 0. The van der Waals surface area contributed by atoms with E-state index in [1.165, 1.54) is 19.2 Å². The molecule has 0 fully saturated rings. The SMILES string of the molecule is COc1ccc(/C(C#N)=C/O)cc1F. The zero-order valence-corrected chi connectivity index (χ0v) is 7.49. The molecule has 0 amide bonds. The van der Waals surface area contributed by atoms with Crippen LogP contribution in [0.5, 0.6) is 5.75 Å². The summed E-state index contributed by atoms with van der Waals surface area (Å²) in [6.07, 6.45) is 0.640. The second-order valence-electron chi connectivity index (χ2n) is 2.50. The van der Waals surface area contributed by atoms with Gasteiger partial charge in [-0.2, -0.15) is 5.26 Å². The zero-order valence-electron chi connectivity index (χ0n) is 7.49. The van der Waals surface area contributed by atoms with Crippen molar-refractivity contribution in [1.82, 2.24) is 0 Å². The van der Waals surface area contributed by atoms with Gasteiger partial charge in [-0.1, -0.05) is 0 Å². The van der Waals surface area contributed by atoms with Gasteiger partial charge in [0.25, 0.3) is 0 Å². The van der Waals surface area contributed by atoms with Gasteiger partial charge in [-0.05, 0) is 23.8 Å². The highest BCUT2D eigenvalue weighted by molar-refractivity contribution is 5.76. The molecule has 14 heavy (non-hydrogen) atoms. The third-order valence-corrected chi connectivity index (χ3v) is 1.71. The highest BCUT2D eigenvalue weighted by atomic mass is 19.1. The molecule has 1 rings (SSSR count). The number of halogens is 1. The van der Waals surface area contributed by atoms with Crippen molar-refractivity contribution in [3.63, 3.8) is 0 Å². The van der Waals surface area contributed by atoms with Crippen LogP contribution in [0.2, 0.25) is 0 Å². The summed E-state index contributed by atoms with van der Waals surface area (Å²) in [6.45, 7) is 0. The number of nitrogens with zero attached hydrogens (tertiary/aromatic N) is 1. The lowest BCUT2D eigenvalue weighted by Gasteiger charge is -2.03. The van der Waals surface area contributed by atoms with Crippen LogP contribution in [0.3, 0.4) is 0 Å². The number of aliphatic hydroxyl groups excluding tert-OH is 1. The number of aliphatic hydroxyl groups is 1. The lowest BCUT2D eigenvalue weighted by atomic mass is 10.1. The normalized spacial score (nSPS) is 10.8. The number of rotatable bonds is 2. The van der Waals surface area contributed by atoms with Crippen molar-refractivity contribution in [1.29, 1.82) is 5.26 Å². The molecule has 0 saturated carbocycles. The van der Waals surface area contributed by atoms with E-state index in [9.17, 15) is 4.39 Å². The minimum absolute atomic E-state index is 0.00607.